The lowest BCUT2D eigenvalue weighted by Crippen LogP contribution is -2.16. The molecule has 142 valence electrons. The van der Waals surface area contributed by atoms with Crippen molar-refractivity contribution in [3.8, 4) is 10.6 Å². The average Bonchev–Trinajstić information content (AvgIpc) is 3.29. The van der Waals surface area contributed by atoms with Crippen LogP contribution in [0.1, 0.15) is 15.2 Å². The lowest BCUT2D eigenvalue weighted by atomic mass is 10.1. The molecule has 4 nitrogen and oxygen atoms in total. The van der Waals surface area contributed by atoms with Crippen LogP contribution in [0.15, 0.2) is 53.9 Å². The number of carbonyl (C=O) groups is 1. The third-order valence-electron chi connectivity index (χ3n) is 4.05. The molecule has 0 unspecified atom stereocenters. The van der Waals surface area contributed by atoms with E-state index in [1.807, 2.05) is 17.5 Å². The van der Waals surface area contributed by atoms with Crippen molar-refractivity contribution < 1.29 is 18.0 Å². The van der Waals surface area contributed by atoms with Crippen LogP contribution >= 0.6 is 22.7 Å². The number of rotatable bonds is 3. The summed E-state index contributed by atoms with van der Waals surface area (Å²) in [5.74, 6) is -0.699. The molecule has 4 aromatic rings. The second-order valence-corrected chi connectivity index (χ2v) is 7.82. The Labute approximate surface area is 165 Å². The number of thiophene rings is 2. The van der Waals surface area contributed by atoms with Crippen molar-refractivity contribution in [3.05, 3.63) is 64.4 Å². The minimum atomic E-state index is -4.58. The third kappa shape index (κ3) is 3.34. The molecule has 0 saturated carbocycles. The highest BCUT2D eigenvalue weighted by molar-refractivity contribution is 7.21. The number of nitrogens with zero attached hydrogens (tertiary/aromatic N) is 1. The van der Waals surface area contributed by atoms with Gasteiger partial charge in [-0.3, -0.25) is 4.79 Å². The fourth-order valence-corrected chi connectivity index (χ4v) is 4.43. The van der Waals surface area contributed by atoms with Crippen LogP contribution in [-0.4, -0.2) is 10.9 Å². The zero-order valence-electron chi connectivity index (χ0n) is 14.1. The SMILES string of the molecule is Nc1c(C(=O)Nc2ccccc2C(F)(F)F)sc2nc(-c3cccs3)ccc12. The summed E-state index contributed by atoms with van der Waals surface area (Å²) in [4.78, 5) is 18.8. The molecule has 0 spiro atoms. The monoisotopic (exact) mass is 419 g/mol. The van der Waals surface area contributed by atoms with E-state index in [2.05, 4.69) is 10.3 Å². The maximum absolute atomic E-state index is 13.1. The number of carbonyl (C=O) groups excluding carboxylic acids is 1. The number of amides is 1. The smallest absolute Gasteiger partial charge is 0.397 e. The highest BCUT2D eigenvalue weighted by Gasteiger charge is 2.34. The van der Waals surface area contributed by atoms with Crippen LogP contribution in [0.3, 0.4) is 0 Å². The van der Waals surface area contributed by atoms with Gasteiger partial charge in [-0.25, -0.2) is 4.98 Å². The molecule has 0 aliphatic heterocycles. The lowest BCUT2D eigenvalue weighted by molar-refractivity contribution is -0.136. The number of para-hydroxylation sites is 1. The number of benzene rings is 1. The number of nitrogens with two attached hydrogens (primary N) is 1. The Balaban J connectivity index is 1.70. The van der Waals surface area contributed by atoms with Crippen LogP contribution in [0.2, 0.25) is 0 Å². The number of alkyl halides is 3. The van der Waals surface area contributed by atoms with E-state index >= 15 is 0 Å². The molecule has 0 atom stereocenters. The van der Waals surface area contributed by atoms with Crippen LogP contribution in [0.4, 0.5) is 24.5 Å². The maximum Gasteiger partial charge on any atom is 0.418 e. The highest BCUT2D eigenvalue weighted by atomic mass is 32.1. The van der Waals surface area contributed by atoms with Crippen LogP contribution in [-0.2, 0) is 6.18 Å². The maximum atomic E-state index is 13.1. The Morgan fingerprint density at radius 1 is 1.07 bits per heavy atom. The first-order valence-electron chi connectivity index (χ1n) is 8.05. The Morgan fingerprint density at radius 2 is 1.86 bits per heavy atom. The molecule has 28 heavy (non-hydrogen) atoms. The molecule has 0 bridgehead atoms. The quantitative estimate of drug-likeness (QED) is 0.436. The summed E-state index contributed by atoms with van der Waals surface area (Å²) in [6.45, 7) is 0. The van der Waals surface area contributed by atoms with Gasteiger partial charge in [-0.05, 0) is 35.7 Å². The van der Waals surface area contributed by atoms with E-state index in [9.17, 15) is 18.0 Å². The van der Waals surface area contributed by atoms with Crippen LogP contribution < -0.4 is 11.1 Å². The van der Waals surface area contributed by atoms with Gasteiger partial charge >= 0.3 is 6.18 Å². The molecule has 1 aromatic carbocycles. The van der Waals surface area contributed by atoms with Crippen molar-refractivity contribution in [3.63, 3.8) is 0 Å². The molecule has 0 saturated heterocycles. The highest BCUT2D eigenvalue weighted by Crippen LogP contribution is 2.37. The Hall–Kier alpha value is -2.91. The first-order valence-corrected chi connectivity index (χ1v) is 9.74. The minimum Gasteiger partial charge on any atom is -0.397 e. The van der Waals surface area contributed by atoms with Crippen molar-refractivity contribution in [2.45, 2.75) is 6.18 Å². The lowest BCUT2D eigenvalue weighted by Gasteiger charge is -2.13. The predicted molar refractivity (Wildman–Crippen MR) is 107 cm³/mol. The standard InChI is InChI=1S/C19H12F3N3OS2/c20-19(21,22)11-4-1-2-5-12(11)24-17(26)16-15(23)10-7-8-13(25-18(10)28-16)14-6-3-9-27-14/h1-9H,23H2,(H,24,26). The number of hydrogen-bond acceptors (Lipinski definition) is 5. The first-order chi connectivity index (χ1) is 13.3. The van der Waals surface area contributed by atoms with Crippen LogP contribution in [0.25, 0.3) is 20.8 Å². The van der Waals surface area contributed by atoms with Crippen molar-refractivity contribution in [2.75, 3.05) is 11.1 Å². The van der Waals surface area contributed by atoms with E-state index in [-0.39, 0.29) is 16.3 Å². The van der Waals surface area contributed by atoms with Gasteiger partial charge in [-0.1, -0.05) is 18.2 Å². The number of hydrogen-bond donors (Lipinski definition) is 2. The molecule has 3 heterocycles. The van der Waals surface area contributed by atoms with Gasteiger partial charge in [0.25, 0.3) is 5.91 Å². The number of anilines is 2. The molecule has 0 radical (unpaired) electrons. The van der Waals surface area contributed by atoms with Gasteiger partial charge < -0.3 is 11.1 Å². The van der Waals surface area contributed by atoms with E-state index in [1.54, 1.807) is 12.1 Å². The molecule has 3 N–H and O–H groups in total. The zero-order valence-corrected chi connectivity index (χ0v) is 15.7. The fourth-order valence-electron chi connectivity index (χ4n) is 2.75. The summed E-state index contributed by atoms with van der Waals surface area (Å²) in [7, 11) is 0. The summed E-state index contributed by atoms with van der Waals surface area (Å²) in [5, 5.41) is 4.85. The minimum absolute atomic E-state index is 0.128. The summed E-state index contributed by atoms with van der Waals surface area (Å²) in [6, 6.07) is 12.2. The van der Waals surface area contributed by atoms with Gasteiger partial charge in [-0.2, -0.15) is 13.2 Å². The van der Waals surface area contributed by atoms with Crippen molar-refractivity contribution >= 4 is 50.2 Å². The molecular formula is C19H12F3N3OS2. The zero-order chi connectivity index (χ0) is 19.9. The fraction of sp³-hybridized carbons (Fsp3) is 0.0526. The van der Waals surface area contributed by atoms with Gasteiger partial charge in [0.05, 0.1) is 27.5 Å². The van der Waals surface area contributed by atoms with Gasteiger partial charge in [0.1, 0.15) is 9.71 Å². The normalized spacial score (nSPS) is 11.7. The molecule has 0 fully saturated rings. The molecule has 9 heteroatoms. The molecule has 0 aliphatic rings. The molecule has 3 aromatic heterocycles. The van der Waals surface area contributed by atoms with E-state index in [0.717, 1.165) is 28.0 Å². The molecular weight excluding hydrogens is 407 g/mol. The van der Waals surface area contributed by atoms with Gasteiger partial charge in [0.2, 0.25) is 0 Å². The second-order valence-electron chi connectivity index (χ2n) is 5.87. The Bertz CT molecular complexity index is 1170. The predicted octanol–water partition coefficient (Wildman–Crippen LogP) is 5.88. The Morgan fingerprint density at radius 3 is 2.57 bits per heavy atom. The van der Waals surface area contributed by atoms with E-state index in [0.29, 0.717) is 10.2 Å². The average molecular weight is 419 g/mol. The number of fused-ring (bicyclic) bond motifs is 1. The second kappa shape index (κ2) is 6.92. The summed E-state index contributed by atoms with van der Waals surface area (Å²) in [6.07, 6.45) is -4.58. The van der Waals surface area contributed by atoms with Crippen molar-refractivity contribution in [1.82, 2.24) is 4.98 Å². The van der Waals surface area contributed by atoms with Crippen LogP contribution in [0, 0.1) is 0 Å². The van der Waals surface area contributed by atoms with Gasteiger partial charge in [-0.15, -0.1) is 22.7 Å². The van der Waals surface area contributed by atoms with E-state index < -0.39 is 17.6 Å². The summed E-state index contributed by atoms with van der Waals surface area (Å²) < 4.78 is 39.4. The van der Waals surface area contributed by atoms with Gasteiger partial charge in [0, 0.05) is 5.39 Å². The number of pyridine rings is 1. The van der Waals surface area contributed by atoms with Gasteiger partial charge in [0.15, 0.2) is 0 Å². The summed E-state index contributed by atoms with van der Waals surface area (Å²) in [5.41, 5.74) is 5.79. The number of halogens is 3. The topological polar surface area (TPSA) is 68.0 Å². The van der Waals surface area contributed by atoms with Crippen molar-refractivity contribution in [1.29, 1.82) is 0 Å². The largest absolute Gasteiger partial charge is 0.418 e. The van der Waals surface area contributed by atoms with E-state index in [4.69, 9.17) is 5.73 Å². The molecule has 1 amide bonds. The summed E-state index contributed by atoms with van der Waals surface area (Å²) >= 11 is 2.58. The third-order valence-corrected chi connectivity index (χ3v) is 6.06. The van der Waals surface area contributed by atoms with Crippen molar-refractivity contribution in [2.24, 2.45) is 0 Å². The molecule has 4 rings (SSSR count). The van der Waals surface area contributed by atoms with E-state index in [1.165, 1.54) is 29.5 Å². The number of nitrogen functional groups attached to an aromatic ring is 1. The Kier molecular flexibility index (Phi) is 4.56. The number of aromatic nitrogens is 1. The first kappa shape index (κ1) is 18.5. The van der Waals surface area contributed by atoms with Crippen LogP contribution in [0.5, 0.6) is 0 Å². The molecule has 0 aliphatic carbocycles. The number of nitrogens with one attached hydrogen (secondary N) is 1.